The molecule has 7 heteroatoms. The van der Waals surface area contributed by atoms with Crippen LogP contribution in [0.4, 0.5) is 5.82 Å². The normalized spacial score (nSPS) is 10.6. The van der Waals surface area contributed by atoms with Gasteiger partial charge in [-0.05, 0) is 24.3 Å². The first-order chi connectivity index (χ1) is 9.01. The number of halogens is 4. The predicted octanol–water partition coefficient (Wildman–Crippen LogP) is 5.89. The van der Waals surface area contributed by atoms with Crippen LogP contribution in [0.1, 0.15) is 0 Å². The average Bonchev–Trinajstić information content (AvgIpc) is 2.37. The van der Waals surface area contributed by atoms with Gasteiger partial charge in [0, 0.05) is 11.9 Å². The van der Waals surface area contributed by atoms with E-state index in [1.165, 1.54) is 11.8 Å². The molecule has 100 valence electrons. The minimum atomic E-state index is 0.478. The van der Waals surface area contributed by atoms with Gasteiger partial charge in [-0.15, -0.1) is 0 Å². The molecule has 19 heavy (non-hydrogen) atoms. The van der Waals surface area contributed by atoms with Crippen molar-refractivity contribution in [3.63, 3.8) is 0 Å². The predicted molar refractivity (Wildman–Crippen MR) is 84.4 cm³/mol. The fourth-order valence-electron chi connectivity index (χ4n) is 1.35. The Hall–Kier alpha value is -0.320. The van der Waals surface area contributed by atoms with E-state index in [0.717, 1.165) is 4.90 Å². The number of nitrogens with one attached hydrogen (secondary N) is 1. The van der Waals surface area contributed by atoms with Crippen molar-refractivity contribution in [1.82, 2.24) is 4.98 Å². The monoisotopic (exact) mass is 352 g/mol. The summed E-state index contributed by atoms with van der Waals surface area (Å²) in [4.78, 5) is 5.25. The Morgan fingerprint density at radius 1 is 0.947 bits per heavy atom. The van der Waals surface area contributed by atoms with Gasteiger partial charge in [-0.2, -0.15) is 0 Å². The standard InChI is InChI=1S/C12H8Cl4N2S/c1-17-11-9(15)5-10(16)12(18-11)19-6-2-3-7(13)8(14)4-6/h2-5H,1H3,(H,17,18). The molecule has 1 aromatic carbocycles. The first-order valence-corrected chi connectivity index (χ1v) is 7.51. The largest absolute Gasteiger partial charge is 0.372 e. The summed E-state index contributed by atoms with van der Waals surface area (Å²) in [7, 11) is 1.75. The summed E-state index contributed by atoms with van der Waals surface area (Å²) in [6, 6.07) is 7.00. The lowest BCUT2D eigenvalue weighted by Gasteiger charge is -2.08. The summed E-state index contributed by atoms with van der Waals surface area (Å²) in [6.45, 7) is 0. The van der Waals surface area contributed by atoms with Crippen LogP contribution in [0, 0.1) is 0 Å². The third-order valence-corrected chi connectivity index (χ3v) is 4.66. The van der Waals surface area contributed by atoms with Crippen LogP contribution >= 0.6 is 58.2 Å². The number of hydrogen-bond acceptors (Lipinski definition) is 3. The smallest absolute Gasteiger partial charge is 0.146 e. The van der Waals surface area contributed by atoms with E-state index < -0.39 is 0 Å². The molecule has 0 unspecified atom stereocenters. The van der Waals surface area contributed by atoms with Gasteiger partial charge >= 0.3 is 0 Å². The van der Waals surface area contributed by atoms with E-state index in [2.05, 4.69) is 10.3 Å². The summed E-state index contributed by atoms with van der Waals surface area (Å²) < 4.78 is 0. The zero-order valence-corrected chi connectivity index (χ0v) is 13.5. The molecule has 0 radical (unpaired) electrons. The minimum absolute atomic E-state index is 0.478. The van der Waals surface area contributed by atoms with Crippen molar-refractivity contribution in [2.75, 3.05) is 12.4 Å². The highest BCUT2D eigenvalue weighted by Gasteiger charge is 2.10. The molecule has 2 rings (SSSR count). The van der Waals surface area contributed by atoms with Gasteiger partial charge in [0.05, 0.1) is 20.1 Å². The number of aromatic nitrogens is 1. The van der Waals surface area contributed by atoms with E-state index in [-0.39, 0.29) is 0 Å². The Labute approximate surface area is 135 Å². The fourth-order valence-corrected chi connectivity index (χ4v) is 3.11. The molecule has 0 fully saturated rings. The highest BCUT2D eigenvalue weighted by Crippen LogP contribution is 2.37. The Morgan fingerprint density at radius 2 is 1.68 bits per heavy atom. The number of anilines is 1. The molecule has 1 heterocycles. The summed E-state index contributed by atoms with van der Waals surface area (Å²) in [5.74, 6) is 0.577. The van der Waals surface area contributed by atoms with E-state index in [0.29, 0.717) is 30.9 Å². The number of benzene rings is 1. The lowest BCUT2D eigenvalue weighted by Crippen LogP contribution is -1.95. The second-order valence-electron chi connectivity index (χ2n) is 3.53. The Morgan fingerprint density at radius 3 is 2.32 bits per heavy atom. The van der Waals surface area contributed by atoms with Gasteiger partial charge in [-0.25, -0.2) is 4.98 Å². The summed E-state index contributed by atoms with van der Waals surface area (Å²) in [6.07, 6.45) is 0. The Balaban J connectivity index is 2.34. The topological polar surface area (TPSA) is 24.9 Å². The van der Waals surface area contributed by atoms with Gasteiger partial charge in [0.2, 0.25) is 0 Å². The first kappa shape index (κ1) is 15.1. The Bertz CT molecular complexity index is 619. The summed E-state index contributed by atoms with van der Waals surface area (Å²) in [5.41, 5.74) is 0. The summed E-state index contributed by atoms with van der Waals surface area (Å²) in [5, 5.41) is 5.52. The van der Waals surface area contributed by atoms with Crippen molar-refractivity contribution < 1.29 is 0 Å². The molecule has 1 N–H and O–H groups in total. The Kier molecular flexibility index (Phi) is 5.09. The van der Waals surface area contributed by atoms with Crippen molar-refractivity contribution in [3.05, 3.63) is 44.4 Å². The number of rotatable bonds is 3. The average molecular weight is 354 g/mol. The van der Waals surface area contributed by atoms with Gasteiger partial charge in [0.1, 0.15) is 10.8 Å². The van der Waals surface area contributed by atoms with Crippen LogP contribution in [-0.4, -0.2) is 12.0 Å². The number of hydrogen-bond donors (Lipinski definition) is 1. The van der Waals surface area contributed by atoms with E-state index in [4.69, 9.17) is 46.4 Å². The summed E-state index contributed by atoms with van der Waals surface area (Å²) >= 11 is 25.4. The van der Waals surface area contributed by atoms with Crippen LogP contribution in [0.15, 0.2) is 34.2 Å². The lowest BCUT2D eigenvalue weighted by molar-refractivity contribution is 1.13. The zero-order valence-electron chi connectivity index (χ0n) is 9.68. The fraction of sp³-hybridized carbons (Fsp3) is 0.0833. The molecule has 0 saturated heterocycles. The minimum Gasteiger partial charge on any atom is -0.372 e. The van der Waals surface area contributed by atoms with E-state index in [9.17, 15) is 0 Å². The van der Waals surface area contributed by atoms with Gasteiger partial charge < -0.3 is 5.32 Å². The van der Waals surface area contributed by atoms with Gasteiger partial charge in [-0.3, -0.25) is 0 Å². The zero-order chi connectivity index (χ0) is 14.0. The van der Waals surface area contributed by atoms with Gasteiger partial charge in [0.25, 0.3) is 0 Å². The first-order valence-electron chi connectivity index (χ1n) is 5.18. The third kappa shape index (κ3) is 3.61. The van der Waals surface area contributed by atoms with Crippen LogP contribution in [0.3, 0.4) is 0 Å². The molecular formula is C12H8Cl4N2S. The molecule has 0 amide bonds. The molecule has 2 nitrogen and oxygen atoms in total. The van der Waals surface area contributed by atoms with E-state index in [1.807, 2.05) is 6.07 Å². The molecule has 0 aliphatic carbocycles. The molecule has 0 aliphatic heterocycles. The third-order valence-electron chi connectivity index (χ3n) is 2.24. The molecule has 0 spiro atoms. The van der Waals surface area contributed by atoms with E-state index >= 15 is 0 Å². The molecule has 0 aliphatic rings. The molecule has 0 bridgehead atoms. The van der Waals surface area contributed by atoms with Crippen molar-refractivity contribution >= 4 is 64.0 Å². The second kappa shape index (κ2) is 6.42. The van der Waals surface area contributed by atoms with Crippen LogP contribution in [0.2, 0.25) is 20.1 Å². The molecule has 0 atom stereocenters. The number of nitrogens with zero attached hydrogens (tertiary/aromatic N) is 1. The molecule has 1 aromatic heterocycles. The quantitative estimate of drug-likeness (QED) is 0.744. The number of pyridine rings is 1. The SMILES string of the molecule is CNc1nc(Sc2ccc(Cl)c(Cl)c2)c(Cl)cc1Cl. The van der Waals surface area contributed by atoms with E-state index in [1.54, 1.807) is 25.2 Å². The van der Waals surface area contributed by atoms with Crippen LogP contribution in [-0.2, 0) is 0 Å². The van der Waals surface area contributed by atoms with Crippen molar-refractivity contribution in [2.24, 2.45) is 0 Å². The van der Waals surface area contributed by atoms with Crippen LogP contribution in [0.5, 0.6) is 0 Å². The van der Waals surface area contributed by atoms with Crippen molar-refractivity contribution in [2.45, 2.75) is 9.92 Å². The van der Waals surface area contributed by atoms with Crippen molar-refractivity contribution in [1.29, 1.82) is 0 Å². The molecule has 0 saturated carbocycles. The van der Waals surface area contributed by atoms with Crippen molar-refractivity contribution in [3.8, 4) is 0 Å². The second-order valence-corrected chi connectivity index (χ2v) is 6.22. The maximum atomic E-state index is 6.12. The van der Waals surface area contributed by atoms with Gasteiger partial charge in [-0.1, -0.05) is 58.2 Å². The van der Waals surface area contributed by atoms with Gasteiger partial charge in [0.15, 0.2) is 0 Å². The highest BCUT2D eigenvalue weighted by atomic mass is 35.5. The highest BCUT2D eigenvalue weighted by molar-refractivity contribution is 7.99. The lowest BCUT2D eigenvalue weighted by atomic mass is 10.4. The maximum absolute atomic E-state index is 6.12. The maximum Gasteiger partial charge on any atom is 0.146 e. The molecular weight excluding hydrogens is 346 g/mol. The molecule has 2 aromatic rings. The van der Waals surface area contributed by atoms with Crippen LogP contribution in [0.25, 0.3) is 0 Å². The van der Waals surface area contributed by atoms with Crippen LogP contribution < -0.4 is 5.32 Å².